The molecule has 1 unspecified atom stereocenters. The molecule has 0 aromatic heterocycles. The smallest absolute Gasteiger partial charge is 0.374 e. The van der Waals surface area contributed by atoms with Gasteiger partial charge < -0.3 is 13.3 Å². The van der Waals surface area contributed by atoms with Crippen molar-refractivity contribution in [1.29, 1.82) is 0 Å². The van der Waals surface area contributed by atoms with E-state index >= 15 is 0 Å². The molecule has 4 nitrogen and oxygen atoms in total. The highest BCUT2D eigenvalue weighted by Crippen LogP contribution is 2.28. The molecule has 0 radical (unpaired) electrons. The maximum Gasteiger partial charge on any atom is 0.500 e. The molecule has 6 heteroatoms. The summed E-state index contributed by atoms with van der Waals surface area (Å²) in [5.41, 5.74) is 4.52. The number of benzene rings is 1. The Balaban J connectivity index is 2.62. The number of hydrogen-bond donors (Lipinski definition) is 0. The maximum atomic E-state index is 12.6. The molecule has 1 rings (SSSR count). The molecule has 0 spiro atoms. The molecule has 0 saturated heterocycles. The van der Waals surface area contributed by atoms with Crippen molar-refractivity contribution in [3.05, 3.63) is 34.4 Å². The van der Waals surface area contributed by atoms with Crippen LogP contribution in [0.15, 0.2) is 12.1 Å². The molecular weight excluding hydrogens is 351 g/mol. The number of carbonyl (C=O) groups is 1. The molecular formula is C19H33O4PSi. The van der Waals surface area contributed by atoms with Gasteiger partial charge in [-0.2, -0.15) is 0 Å². The third-order valence-corrected chi connectivity index (χ3v) is 8.27. The Hall–Kier alpha value is -0.583. The molecule has 1 atom stereocenters. The Bertz CT molecular complexity index is 522. The average Bonchev–Trinajstić information content (AvgIpc) is 2.51. The first-order valence-electron chi connectivity index (χ1n) is 9.17. The average molecular weight is 385 g/mol. The predicted octanol–water partition coefficient (Wildman–Crippen LogP) is 4.87. The van der Waals surface area contributed by atoms with Crippen molar-refractivity contribution in [3.8, 4) is 0 Å². The van der Waals surface area contributed by atoms with Crippen LogP contribution in [0.4, 0.5) is 0 Å². The Labute approximate surface area is 155 Å². The molecule has 25 heavy (non-hydrogen) atoms. The van der Waals surface area contributed by atoms with Crippen LogP contribution < -0.4 is 0 Å². The van der Waals surface area contributed by atoms with Crippen molar-refractivity contribution < 1.29 is 18.1 Å². The molecule has 0 aliphatic heterocycles. The van der Waals surface area contributed by atoms with Crippen molar-refractivity contribution in [1.82, 2.24) is 0 Å². The van der Waals surface area contributed by atoms with E-state index in [2.05, 4.69) is 19.1 Å². The zero-order valence-corrected chi connectivity index (χ0v) is 18.5. The fourth-order valence-electron chi connectivity index (χ4n) is 3.13. The standard InChI is InChI=1S/C19H33O4PSi/c1-7-21-25(22-8-2,23-9-3)12-10-11-24-19(20)18-16(5)13-15(4)14-17(18)6/h13-14,24H,7-12H2,1-6H3. The molecule has 0 bridgehead atoms. The first kappa shape index (κ1) is 22.5. The van der Waals surface area contributed by atoms with Crippen LogP contribution in [0.25, 0.3) is 0 Å². The second-order valence-electron chi connectivity index (χ2n) is 6.12. The van der Waals surface area contributed by atoms with Gasteiger partial charge >= 0.3 is 8.80 Å². The van der Waals surface area contributed by atoms with E-state index < -0.39 is 8.80 Å². The molecule has 0 amide bonds. The summed E-state index contributed by atoms with van der Waals surface area (Å²) >= 11 is 0. The monoisotopic (exact) mass is 384 g/mol. The second kappa shape index (κ2) is 11.2. The van der Waals surface area contributed by atoms with Gasteiger partial charge in [0.25, 0.3) is 0 Å². The van der Waals surface area contributed by atoms with Gasteiger partial charge in [0.1, 0.15) is 0 Å². The summed E-state index contributed by atoms with van der Waals surface area (Å²) in [5.74, 6) is 0. The minimum Gasteiger partial charge on any atom is -0.374 e. The number of rotatable bonds is 12. The van der Waals surface area contributed by atoms with Gasteiger partial charge in [-0.3, -0.25) is 4.79 Å². The third-order valence-electron chi connectivity index (χ3n) is 3.94. The summed E-state index contributed by atoms with van der Waals surface area (Å²) in [6, 6.07) is 4.94. The largest absolute Gasteiger partial charge is 0.500 e. The van der Waals surface area contributed by atoms with E-state index in [4.69, 9.17) is 13.3 Å². The Kier molecular flexibility index (Phi) is 10.1. The van der Waals surface area contributed by atoms with Crippen LogP contribution in [0.2, 0.25) is 6.04 Å². The quantitative estimate of drug-likeness (QED) is 0.293. The highest BCUT2D eigenvalue weighted by Gasteiger charge is 2.39. The number of carbonyl (C=O) groups excluding carboxylic acids is 1. The molecule has 1 aromatic rings. The maximum absolute atomic E-state index is 12.6. The van der Waals surface area contributed by atoms with Crippen LogP contribution in [-0.4, -0.2) is 40.3 Å². The summed E-state index contributed by atoms with van der Waals surface area (Å²) in [7, 11) is -2.30. The van der Waals surface area contributed by atoms with Crippen molar-refractivity contribution >= 4 is 22.9 Å². The van der Waals surface area contributed by atoms with Gasteiger partial charge in [0.15, 0.2) is 5.52 Å². The van der Waals surface area contributed by atoms with Crippen LogP contribution in [-0.2, 0) is 13.3 Å². The van der Waals surface area contributed by atoms with Crippen molar-refractivity contribution in [2.24, 2.45) is 0 Å². The van der Waals surface area contributed by atoms with Gasteiger partial charge in [-0.25, -0.2) is 0 Å². The van der Waals surface area contributed by atoms with E-state index in [1.165, 1.54) is 5.56 Å². The van der Waals surface area contributed by atoms with E-state index in [1.54, 1.807) is 0 Å². The van der Waals surface area contributed by atoms with E-state index in [0.29, 0.717) is 19.8 Å². The normalized spacial score (nSPS) is 12.2. The van der Waals surface area contributed by atoms with Crippen LogP contribution >= 0.6 is 8.58 Å². The summed E-state index contributed by atoms with van der Waals surface area (Å²) < 4.78 is 17.6. The zero-order valence-electron chi connectivity index (χ0n) is 16.5. The van der Waals surface area contributed by atoms with Gasteiger partial charge in [-0.1, -0.05) is 17.7 Å². The Morgan fingerprint density at radius 2 is 1.44 bits per heavy atom. The molecule has 142 valence electrons. The van der Waals surface area contributed by atoms with Crippen LogP contribution in [0, 0.1) is 20.8 Å². The summed E-state index contributed by atoms with van der Waals surface area (Å²) in [6.07, 6.45) is 1.74. The lowest BCUT2D eigenvalue weighted by Crippen LogP contribution is -2.46. The zero-order chi connectivity index (χ0) is 18.9. The van der Waals surface area contributed by atoms with Crippen LogP contribution in [0.5, 0.6) is 0 Å². The first-order valence-corrected chi connectivity index (χ1v) is 12.3. The third kappa shape index (κ3) is 6.91. The second-order valence-corrected chi connectivity index (χ2v) is 10.2. The van der Waals surface area contributed by atoms with Gasteiger partial charge in [0.05, 0.1) is 0 Å². The highest BCUT2D eigenvalue weighted by molar-refractivity contribution is 7.58. The number of hydrogen-bond acceptors (Lipinski definition) is 4. The van der Waals surface area contributed by atoms with E-state index in [0.717, 1.165) is 35.3 Å². The van der Waals surface area contributed by atoms with Gasteiger partial charge in [0.2, 0.25) is 0 Å². The lowest BCUT2D eigenvalue weighted by atomic mass is 10.0. The van der Waals surface area contributed by atoms with E-state index in [1.807, 2.05) is 34.6 Å². The highest BCUT2D eigenvalue weighted by atomic mass is 31.1. The van der Waals surface area contributed by atoms with Crippen molar-refractivity contribution in [2.75, 3.05) is 26.0 Å². The fourth-order valence-corrected chi connectivity index (χ4v) is 7.25. The van der Waals surface area contributed by atoms with Gasteiger partial charge in [-0.15, -0.1) is 0 Å². The minimum atomic E-state index is -2.58. The molecule has 0 aliphatic carbocycles. The summed E-state index contributed by atoms with van der Waals surface area (Å²) in [6.45, 7) is 13.8. The van der Waals surface area contributed by atoms with Gasteiger partial charge in [-0.05, 0) is 73.8 Å². The topological polar surface area (TPSA) is 44.8 Å². The number of aryl methyl sites for hydroxylation is 3. The molecule has 0 aliphatic rings. The predicted molar refractivity (Wildman–Crippen MR) is 108 cm³/mol. The molecule has 0 N–H and O–H groups in total. The summed E-state index contributed by atoms with van der Waals surface area (Å²) in [5, 5.41) is 0. The van der Waals surface area contributed by atoms with Crippen molar-refractivity contribution in [2.45, 2.75) is 54.0 Å². The Morgan fingerprint density at radius 3 is 1.88 bits per heavy atom. The lowest BCUT2D eigenvalue weighted by Gasteiger charge is -2.28. The summed E-state index contributed by atoms with van der Waals surface area (Å²) in [4.78, 5) is 12.6. The van der Waals surface area contributed by atoms with E-state index in [9.17, 15) is 4.79 Å². The molecule has 0 fully saturated rings. The van der Waals surface area contributed by atoms with E-state index in [-0.39, 0.29) is 14.1 Å². The lowest BCUT2D eigenvalue weighted by molar-refractivity contribution is 0.0712. The fraction of sp³-hybridized carbons (Fsp3) is 0.632. The Morgan fingerprint density at radius 1 is 0.960 bits per heavy atom. The van der Waals surface area contributed by atoms with Crippen LogP contribution in [0.3, 0.4) is 0 Å². The van der Waals surface area contributed by atoms with Crippen molar-refractivity contribution in [3.63, 3.8) is 0 Å². The minimum absolute atomic E-state index is 0.256. The SMILES string of the molecule is CCO[Si](CCCPC(=O)c1c(C)cc(C)cc1C)(OCC)OCC. The van der Waals surface area contributed by atoms with Gasteiger partial charge in [0, 0.05) is 31.4 Å². The first-order chi connectivity index (χ1) is 11.9. The molecule has 0 saturated carbocycles. The van der Waals surface area contributed by atoms with Crippen LogP contribution in [0.1, 0.15) is 54.2 Å². The molecule has 0 heterocycles. The molecule has 1 aromatic carbocycles.